The minimum absolute atomic E-state index is 0.247. The van der Waals surface area contributed by atoms with Crippen molar-refractivity contribution in [1.29, 1.82) is 0 Å². The van der Waals surface area contributed by atoms with E-state index in [-0.39, 0.29) is 17.7 Å². The molecule has 7 heteroatoms. The first kappa shape index (κ1) is 15.7. The minimum atomic E-state index is -0.269. The number of halogens is 1. The largest absolute Gasteiger partial charge is 0.444 e. The number of hydrogen-bond acceptors (Lipinski definition) is 4. The van der Waals surface area contributed by atoms with Crippen LogP contribution < -0.4 is 5.32 Å². The van der Waals surface area contributed by atoms with Crippen molar-refractivity contribution in [2.45, 2.75) is 26.3 Å². The second-order valence-corrected chi connectivity index (χ2v) is 6.53. The van der Waals surface area contributed by atoms with E-state index in [1.165, 1.54) is 0 Å². The van der Waals surface area contributed by atoms with Gasteiger partial charge in [0, 0.05) is 6.20 Å². The van der Waals surface area contributed by atoms with Crippen LogP contribution in [0.3, 0.4) is 0 Å². The second kappa shape index (κ2) is 6.54. The first-order valence-electron chi connectivity index (χ1n) is 7.40. The van der Waals surface area contributed by atoms with E-state index in [2.05, 4.69) is 45.3 Å². The van der Waals surface area contributed by atoms with E-state index < -0.39 is 0 Å². The molecule has 0 radical (unpaired) electrons. The lowest BCUT2D eigenvalue weighted by atomic mass is 10.0. The van der Waals surface area contributed by atoms with Crippen LogP contribution in [0.25, 0.3) is 5.65 Å². The lowest BCUT2D eigenvalue weighted by Gasteiger charge is -2.18. The van der Waals surface area contributed by atoms with E-state index in [9.17, 15) is 4.79 Å². The van der Waals surface area contributed by atoms with Crippen LogP contribution in [0.4, 0.5) is 0 Å². The van der Waals surface area contributed by atoms with Gasteiger partial charge < -0.3 is 9.73 Å². The average molecular weight is 377 g/mol. The van der Waals surface area contributed by atoms with Crippen molar-refractivity contribution in [3.63, 3.8) is 0 Å². The molecule has 1 unspecified atom stereocenters. The average Bonchev–Trinajstić information content (AvgIpc) is 3.12. The van der Waals surface area contributed by atoms with Crippen LogP contribution in [0.2, 0.25) is 0 Å². The van der Waals surface area contributed by atoms with E-state index in [1.807, 2.05) is 28.8 Å². The fraction of sp³-hybridized carbons (Fsp3) is 0.312. The van der Waals surface area contributed by atoms with Gasteiger partial charge in [-0.3, -0.25) is 9.20 Å². The Labute approximate surface area is 142 Å². The molecule has 23 heavy (non-hydrogen) atoms. The molecule has 0 saturated heterocycles. The van der Waals surface area contributed by atoms with Gasteiger partial charge in [-0.05, 0) is 52.5 Å². The van der Waals surface area contributed by atoms with Gasteiger partial charge in [0.2, 0.25) is 0 Å². The lowest BCUT2D eigenvalue weighted by Crippen LogP contribution is -2.30. The predicted molar refractivity (Wildman–Crippen MR) is 89.1 cm³/mol. The standard InChI is InChI=1S/C16H17BrN4O2/c1-10(2)9-11(18-16(22)12-6-7-13(17)23-12)15-20-19-14-5-3-4-8-21(14)15/h3-8,10-11H,9H2,1-2H3,(H,18,22). The number of fused-ring (bicyclic) bond motifs is 1. The van der Waals surface area contributed by atoms with Crippen molar-refractivity contribution < 1.29 is 9.21 Å². The maximum Gasteiger partial charge on any atom is 0.287 e. The third kappa shape index (κ3) is 3.44. The molecule has 0 aliphatic heterocycles. The van der Waals surface area contributed by atoms with Gasteiger partial charge in [0.15, 0.2) is 21.9 Å². The van der Waals surface area contributed by atoms with Crippen molar-refractivity contribution in [3.05, 3.63) is 52.8 Å². The highest BCUT2D eigenvalue weighted by Gasteiger charge is 2.23. The first-order chi connectivity index (χ1) is 11.0. The lowest BCUT2D eigenvalue weighted by molar-refractivity contribution is 0.0900. The topological polar surface area (TPSA) is 72.4 Å². The van der Waals surface area contributed by atoms with Gasteiger partial charge in [-0.25, -0.2) is 0 Å². The summed E-state index contributed by atoms with van der Waals surface area (Å²) in [6.45, 7) is 4.21. The highest BCUT2D eigenvalue weighted by atomic mass is 79.9. The molecule has 0 aliphatic rings. The number of hydrogen-bond donors (Lipinski definition) is 1. The molecule has 0 aliphatic carbocycles. The summed E-state index contributed by atoms with van der Waals surface area (Å²) in [5, 5.41) is 11.4. The van der Waals surface area contributed by atoms with Gasteiger partial charge in [-0.15, -0.1) is 10.2 Å². The van der Waals surface area contributed by atoms with Crippen molar-refractivity contribution in [2.75, 3.05) is 0 Å². The number of rotatable bonds is 5. The third-order valence-electron chi connectivity index (χ3n) is 3.46. The fourth-order valence-corrected chi connectivity index (χ4v) is 2.77. The quantitative estimate of drug-likeness (QED) is 0.738. The van der Waals surface area contributed by atoms with Crippen LogP contribution in [0, 0.1) is 5.92 Å². The van der Waals surface area contributed by atoms with E-state index in [0.717, 1.165) is 12.1 Å². The molecule has 0 spiro atoms. The van der Waals surface area contributed by atoms with E-state index in [4.69, 9.17) is 4.42 Å². The molecule has 0 fully saturated rings. The molecule has 6 nitrogen and oxygen atoms in total. The maximum atomic E-state index is 12.4. The Bertz CT molecular complexity index is 824. The molecule has 3 rings (SSSR count). The van der Waals surface area contributed by atoms with Gasteiger partial charge in [0.05, 0.1) is 6.04 Å². The van der Waals surface area contributed by atoms with Crippen LogP contribution in [0.5, 0.6) is 0 Å². The van der Waals surface area contributed by atoms with E-state index >= 15 is 0 Å². The Morgan fingerprint density at radius 1 is 1.30 bits per heavy atom. The SMILES string of the molecule is CC(C)CC(NC(=O)c1ccc(Br)o1)c1nnc2ccccn12. The number of amides is 1. The van der Waals surface area contributed by atoms with Crippen molar-refractivity contribution in [2.24, 2.45) is 5.92 Å². The summed E-state index contributed by atoms with van der Waals surface area (Å²) in [6.07, 6.45) is 2.65. The summed E-state index contributed by atoms with van der Waals surface area (Å²) < 4.78 is 7.74. The molecule has 1 N–H and O–H groups in total. The molecule has 0 saturated carbocycles. The number of carbonyl (C=O) groups excluding carboxylic acids is 1. The fourth-order valence-electron chi connectivity index (χ4n) is 2.46. The molecular formula is C16H17BrN4O2. The minimum Gasteiger partial charge on any atom is -0.444 e. The summed E-state index contributed by atoms with van der Waals surface area (Å²) in [4.78, 5) is 12.4. The number of nitrogens with one attached hydrogen (secondary N) is 1. The molecule has 0 aromatic carbocycles. The summed E-state index contributed by atoms with van der Waals surface area (Å²) in [5.74, 6) is 1.10. The molecule has 1 amide bonds. The number of aromatic nitrogens is 3. The Morgan fingerprint density at radius 2 is 2.13 bits per heavy atom. The van der Waals surface area contributed by atoms with Crippen LogP contribution >= 0.6 is 15.9 Å². The smallest absolute Gasteiger partial charge is 0.287 e. The Kier molecular flexibility index (Phi) is 4.47. The maximum absolute atomic E-state index is 12.4. The normalized spacial score (nSPS) is 12.7. The van der Waals surface area contributed by atoms with Crippen LogP contribution in [0.1, 0.15) is 42.7 Å². The van der Waals surface area contributed by atoms with Gasteiger partial charge in [0.25, 0.3) is 5.91 Å². The van der Waals surface area contributed by atoms with Gasteiger partial charge in [0.1, 0.15) is 0 Å². The van der Waals surface area contributed by atoms with Crippen molar-refractivity contribution >= 4 is 27.5 Å². The van der Waals surface area contributed by atoms with E-state index in [0.29, 0.717) is 16.4 Å². The van der Waals surface area contributed by atoms with Gasteiger partial charge in [-0.1, -0.05) is 19.9 Å². The monoisotopic (exact) mass is 376 g/mol. The molecular weight excluding hydrogens is 360 g/mol. The van der Waals surface area contributed by atoms with Crippen molar-refractivity contribution in [3.8, 4) is 0 Å². The Hall–Kier alpha value is -2.15. The zero-order valence-corrected chi connectivity index (χ0v) is 14.4. The Morgan fingerprint density at radius 3 is 2.83 bits per heavy atom. The molecule has 0 bridgehead atoms. The molecule has 120 valence electrons. The Balaban J connectivity index is 1.90. The summed E-state index contributed by atoms with van der Waals surface area (Å²) >= 11 is 3.21. The number of nitrogens with zero attached hydrogens (tertiary/aromatic N) is 3. The van der Waals surface area contributed by atoms with Gasteiger partial charge >= 0.3 is 0 Å². The first-order valence-corrected chi connectivity index (χ1v) is 8.19. The van der Waals surface area contributed by atoms with Crippen LogP contribution in [-0.4, -0.2) is 20.5 Å². The third-order valence-corrected chi connectivity index (χ3v) is 3.89. The second-order valence-electron chi connectivity index (χ2n) is 5.75. The zero-order valence-electron chi connectivity index (χ0n) is 12.9. The summed E-state index contributed by atoms with van der Waals surface area (Å²) in [5.41, 5.74) is 0.756. The highest BCUT2D eigenvalue weighted by molar-refractivity contribution is 9.10. The summed E-state index contributed by atoms with van der Waals surface area (Å²) in [7, 11) is 0. The number of pyridine rings is 1. The summed E-state index contributed by atoms with van der Waals surface area (Å²) in [6, 6.07) is 8.78. The van der Waals surface area contributed by atoms with Crippen LogP contribution in [-0.2, 0) is 0 Å². The predicted octanol–water partition coefficient (Wildman–Crippen LogP) is 3.60. The highest BCUT2D eigenvalue weighted by Crippen LogP contribution is 2.22. The molecule has 3 aromatic rings. The number of furan rings is 1. The van der Waals surface area contributed by atoms with Crippen molar-refractivity contribution in [1.82, 2.24) is 19.9 Å². The number of carbonyl (C=O) groups is 1. The molecule has 1 atom stereocenters. The zero-order chi connectivity index (χ0) is 16.4. The van der Waals surface area contributed by atoms with Gasteiger partial charge in [-0.2, -0.15) is 0 Å². The molecule has 3 heterocycles. The van der Waals surface area contributed by atoms with Crippen LogP contribution in [0.15, 0.2) is 45.6 Å². The molecule has 3 aromatic heterocycles. The van der Waals surface area contributed by atoms with E-state index in [1.54, 1.807) is 12.1 Å².